The third-order valence-corrected chi connectivity index (χ3v) is 5.09. The zero-order valence-corrected chi connectivity index (χ0v) is 14.4. The van der Waals surface area contributed by atoms with Crippen molar-refractivity contribution in [1.82, 2.24) is 10.2 Å². The van der Waals surface area contributed by atoms with Crippen LogP contribution in [0, 0.1) is 0 Å². The predicted octanol–water partition coefficient (Wildman–Crippen LogP) is 1.89. The summed E-state index contributed by atoms with van der Waals surface area (Å²) in [6, 6.07) is 4.80. The fourth-order valence-electron chi connectivity index (χ4n) is 3.49. The van der Waals surface area contributed by atoms with Gasteiger partial charge < -0.3 is 20.1 Å². The van der Waals surface area contributed by atoms with E-state index in [0.29, 0.717) is 39.3 Å². The number of hydrogen-bond acceptors (Lipinski definition) is 4. The monoisotopic (exact) mass is 372 g/mol. The van der Waals surface area contributed by atoms with Gasteiger partial charge in [-0.05, 0) is 30.5 Å². The second-order valence-corrected chi connectivity index (χ2v) is 6.92. The third kappa shape index (κ3) is 4.36. The van der Waals surface area contributed by atoms with Crippen LogP contribution in [0.1, 0.15) is 30.4 Å². The van der Waals surface area contributed by atoms with E-state index in [1.165, 1.54) is 12.1 Å². The van der Waals surface area contributed by atoms with E-state index in [9.17, 15) is 23.1 Å². The molecule has 26 heavy (non-hydrogen) atoms. The van der Waals surface area contributed by atoms with Crippen LogP contribution < -0.4 is 5.32 Å². The highest BCUT2D eigenvalue weighted by Crippen LogP contribution is 2.36. The van der Waals surface area contributed by atoms with E-state index < -0.39 is 17.3 Å². The molecule has 2 aliphatic rings. The van der Waals surface area contributed by atoms with Gasteiger partial charge in [0, 0.05) is 32.1 Å². The van der Waals surface area contributed by atoms with Crippen molar-refractivity contribution < 1.29 is 27.8 Å². The molecule has 2 heterocycles. The normalized spacial score (nSPS) is 23.7. The minimum absolute atomic E-state index is 0.0134. The molecule has 0 radical (unpaired) electrons. The second kappa shape index (κ2) is 7.54. The van der Waals surface area contributed by atoms with E-state index in [-0.39, 0.29) is 30.4 Å². The van der Waals surface area contributed by atoms with Crippen molar-refractivity contribution in [3.8, 4) is 0 Å². The van der Waals surface area contributed by atoms with Gasteiger partial charge in [0.05, 0.1) is 24.4 Å². The highest BCUT2D eigenvalue weighted by atomic mass is 19.4. The summed E-state index contributed by atoms with van der Waals surface area (Å²) in [6.07, 6.45) is -3.69. The maximum absolute atomic E-state index is 12.9. The Labute approximate surface area is 150 Å². The van der Waals surface area contributed by atoms with Crippen LogP contribution in [0.3, 0.4) is 0 Å². The van der Waals surface area contributed by atoms with Gasteiger partial charge >= 0.3 is 6.18 Å². The van der Waals surface area contributed by atoms with Gasteiger partial charge in [0.2, 0.25) is 5.91 Å². The van der Waals surface area contributed by atoms with Crippen LogP contribution in [0.25, 0.3) is 0 Å². The van der Waals surface area contributed by atoms with Gasteiger partial charge in [0.25, 0.3) is 0 Å². The second-order valence-electron chi connectivity index (χ2n) is 6.92. The minimum Gasteiger partial charge on any atom is -0.385 e. The Morgan fingerprint density at radius 2 is 2.08 bits per heavy atom. The van der Waals surface area contributed by atoms with Gasteiger partial charge in [0.1, 0.15) is 0 Å². The molecule has 1 aromatic rings. The Morgan fingerprint density at radius 3 is 2.69 bits per heavy atom. The zero-order valence-electron chi connectivity index (χ0n) is 14.4. The molecule has 1 aromatic carbocycles. The van der Waals surface area contributed by atoms with Crippen LogP contribution in [0.4, 0.5) is 13.2 Å². The molecule has 2 N–H and O–H groups in total. The van der Waals surface area contributed by atoms with Crippen LogP contribution in [-0.2, 0) is 21.3 Å². The van der Waals surface area contributed by atoms with Crippen molar-refractivity contribution in [2.24, 2.45) is 0 Å². The van der Waals surface area contributed by atoms with Gasteiger partial charge in [0.15, 0.2) is 0 Å². The Morgan fingerprint density at radius 1 is 1.35 bits per heavy atom. The average molecular weight is 372 g/mol. The lowest BCUT2D eigenvalue weighted by atomic mass is 9.83. The van der Waals surface area contributed by atoms with Crippen molar-refractivity contribution in [2.75, 3.05) is 32.8 Å². The number of amides is 1. The number of morpholine rings is 1. The first-order chi connectivity index (χ1) is 12.3. The number of alkyl halides is 3. The molecule has 1 unspecified atom stereocenters. The summed E-state index contributed by atoms with van der Waals surface area (Å²) in [5.41, 5.74) is -1.86. The Hall–Kier alpha value is -1.64. The van der Waals surface area contributed by atoms with E-state index in [2.05, 4.69) is 5.32 Å². The number of benzene rings is 1. The van der Waals surface area contributed by atoms with Crippen LogP contribution >= 0.6 is 0 Å². The van der Waals surface area contributed by atoms with E-state index in [0.717, 1.165) is 12.1 Å². The molecule has 0 saturated carbocycles. The number of carbonyl (C=O) groups excluding carboxylic acids is 1. The SMILES string of the molecule is O=C(CC1COCCN1)N1CCC(O)(c2cccc(C(F)(F)F)c2)CC1. The minimum atomic E-state index is -4.45. The first-order valence-corrected chi connectivity index (χ1v) is 8.77. The largest absolute Gasteiger partial charge is 0.416 e. The number of carbonyl (C=O) groups is 1. The molecule has 3 rings (SSSR count). The number of halogens is 3. The first-order valence-electron chi connectivity index (χ1n) is 8.77. The molecule has 8 heteroatoms. The van der Waals surface area contributed by atoms with E-state index in [1.54, 1.807) is 4.90 Å². The molecule has 0 spiro atoms. The highest BCUT2D eigenvalue weighted by Gasteiger charge is 2.38. The van der Waals surface area contributed by atoms with Crippen molar-refractivity contribution in [3.05, 3.63) is 35.4 Å². The standard InChI is InChI=1S/C18H23F3N2O3/c19-18(20,21)14-3-1-2-13(10-14)17(25)4-7-23(8-5-17)16(24)11-15-12-26-9-6-22-15/h1-3,10,15,22,25H,4-9,11-12H2. The third-order valence-electron chi connectivity index (χ3n) is 5.09. The number of nitrogens with zero attached hydrogens (tertiary/aromatic N) is 1. The molecular formula is C18H23F3N2O3. The molecule has 2 saturated heterocycles. The summed E-state index contributed by atoms with van der Waals surface area (Å²) in [6.45, 7) is 2.48. The van der Waals surface area contributed by atoms with Crippen LogP contribution in [0.15, 0.2) is 24.3 Å². The zero-order chi connectivity index (χ0) is 18.8. The number of piperidine rings is 1. The molecular weight excluding hydrogens is 349 g/mol. The number of aliphatic hydroxyl groups is 1. The number of likely N-dealkylation sites (tertiary alicyclic amines) is 1. The topological polar surface area (TPSA) is 61.8 Å². The quantitative estimate of drug-likeness (QED) is 0.851. The fourth-order valence-corrected chi connectivity index (χ4v) is 3.49. The lowest BCUT2D eigenvalue weighted by Gasteiger charge is -2.39. The molecule has 2 fully saturated rings. The van der Waals surface area contributed by atoms with Crippen molar-refractivity contribution in [2.45, 2.75) is 37.1 Å². The maximum Gasteiger partial charge on any atom is 0.416 e. The maximum atomic E-state index is 12.9. The average Bonchev–Trinajstić information content (AvgIpc) is 2.62. The van der Waals surface area contributed by atoms with Gasteiger partial charge in [-0.25, -0.2) is 0 Å². The summed E-state index contributed by atoms with van der Waals surface area (Å²) < 4.78 is 44.0. The summed E-state index contributed by atoms with van der Waals surface area (Å²) in [4.78, 5) is 14.1. The Balaban J connectivity index is 1.61. The van der Waals surface area contributed by atoms with Gasteiger partial charge in [-0.2, -0.15) is 13.2 Å². The Kier molecular flexibility index (Phi) is 5.55. The van der Waals surface area contributed by atoms with Gasteiger partial charge in [-0.3, -0.25) is 4.79 Å². The lowest BCUT2D eigenvalue weighted by Crippen LogP contribution is -2.49. The summed E-state index contributed by atoms with van der Waals surface area (Å²) in [7, 11) is 0. The van der Waals surface area contributed by atoms with E-state index in [1.807, 2.05) is 0 Å². The molecule has 0 bridgehead atoms. The first kappa shape index (κ1) is 19.1. The van der Waals surface area contributed by atoms with Crippen molar-refractivity contribution in [3.63, 3.8) is 0 Å². The van der Waals surface area contributed by atoms with E-state index in [4.69, 9.17) is 4.74 Å². The van der Waals surface area contributed by atoms with Crippen molar-refractivity contribution in [1.29, 1.82) is 0 Å². The fraction of sp³-hybridized carbons (Fsp3) is 0.611. The predicted molar refractivity (Wildman–Crippen MR) is 88.4 cm³/mol. The van der Waals surface area contributed by atoms with Gasteiger partial charge in [-0.1, -0.05) is 12.1 Å². The Bertz CT molecular complexity index is 637. The smallest absolute Gasteiger partial charge is 0.385 e. The molecule has 1 atom stereocenters. The summed E-state index contributed by atoms with van der Waals surface area (Å²) in [5.74, 6) is -0.0286. The van der Waals surface area contributed by atoms with Crippen LogP contribution in [-0.4, -0.2) is 54.8 Å². The molecule has 144 valence electrons. The molecule has 5 nitrogen and oxygen atoms in total. The number of hydrogen-bond donors (Lipinski definition) is 2. The number of nitrogens with one attached hydrogen (secondary N) is 1. The number of rotatable bonds is 3. The van der Waals surface area contributed by atoms with Crippen LogP contribution in [0.2, 0.25) is 0 Å². The lowest BCUT2D eigenvalue weighted by molar-refractivity contribution is -0.137. The molecule has 0 aromatic heterocycles. The van der Waals surface area contributed by atoms with E-state index >= 15 is 0 Å². The molecule has 2 aliphatic heterocycles. The van der Waals surface area contributed by atoms with Gasteiger partial charge in [-0.15, -0.1) is 0 Å². The molecule has 0 aliphatic carbocycles. The number of ether oxygens (including phenoxy) is 1. The highest BCUT2D eigenvalue weighted by molar-refractivity contribution is 5.77. The van der Waals surface area contributed by atoms with Crippen molar-refractivity contribution >= 4 is 5.91 Å². The molecule has 1 amide bonds. The summed E-state index contributed by atoms with van der Waals surface area (Å²) in [5, 5.41) is 14.0. The van der Waals surface area contributed by atoms with Crippen LogP contribution in [0.5, 0.6) is 0 Å². The summed E-state index contributed by atoms with van der Waals surface area (Å²) >= 11 is 0.